The Kier molecular flexibility index (Phi) is 3.80. The van der Waals surface area contributed by atoms with Gasteiger partial charge < -0.3 is 5.32 Å². The van der Waals surface area contributed by atoms with Crippen molar-refractivity contribution in [3.05, 3.63) is 65.9 Å². The summed E-state index contributed by atoms with van der Waals surface area (Å²) in [6.07, 6.45) is 4.86. The molecule has 0 radical (unpaired) electrons. The van der Waals surface area contributed by atoms with Crippen molar-refractivity contribution >= 4 is 21.6 Å². The summed E-state index contributed by atoms with van der Waals surface area (Å²) in [6.45, 7) is 3.01. The number of nitrogens with one attached hydrogen (secondary N) is 2. The molecule has 130 valence electrons. The average Bonchev–Trinajstić information content (AvgIpc) is 3.40. The molecule has 5 rings (SSSR count). The monoisotopic (exact) mass is 361 g/mol. The van der Waals surface area contributed by atoms with Crippen molar-refractivity contribution in [1.29, 1.82) is 0 Å². The van der Waals surface area contributed by atoms with Gasteiger partial charge in [0.25, 0.3) is 0 Å². The van der Waals surface area contributed by atoms with E-state index in [1.807, 2.05) is 19.3 Å². The topological polar surface area (TPSA) is 66.5 Å². The Hall–Kier alpha value is -2.57. The summed E-state index contributed by atoms with van der Waals surface area (Å²) in [5.41, 5.74) is 4.61. The summed E-state index contributed by atoms with van der Waals surface area (Å²) in [4.78, 5) is 10.7. The molecule has 1 aliphatic heterocycles. The Balaban J connectivity index is 1.42. The van der Waals surface area contributed by atoms with Crippen LogP contribution in [0.4, 0.5) is 0 Å². The van der Waals surface area contributed by atoms with Crippen LogP contribution in [0.5, 0.6) is 0 Å². The minimum Gasteiger partial charge on any atom is -0.307 e. The third-order valence-corrected chi connectivity index (χ3v) is 6.19. The molecule has 0 unspecified atom stereocenters. The zero-order valence-corrected chi connectivity index (χ0v) is 15.3. The molecule has 0 spiro atoms. The van der Waals surface area contributed by atoms with Gasteiger partial charge in [-0.05, 0) is 30.9 Å². The lowest BCUT2D eigenvalue weighted by molar-refractivity contribution is 0.603. The minimum atomic E-state index is 0.212. The van der Waals surface area contributed by atoms with Crippen LogP contribution in [0, 0.1) is 6.92 Å². The molecule has 5 nitrogen and oxygen atoms in total. The standard InChI is InChI=1S/C20H19N5S/c1-12-15(10-23-25-12)18-8-16-19(26-18)11-22-20(24-16)17-7-14(9-21-17)13-5-3-2-4-6-13/h2-6,8,10-11,14,17,21H,7,9H2,1H3,(H,23,25)/t14-,17-/m0/s1. The van der Waals surface area contributed by atoms with E-state index in [1.165, 1.54) is 10.4 Å². The number of aromatic amines is 1. The fourth-order valence-corrected chi connectivity index (χ4v) is 4.70. The van der Waals surface area contributed by atoms with Gasteiger partial charge in [0.05, 0.1) is 22.5 Å². The molecule has 1 aromatic carbocycles. The van der Waals surface area contributed by atoms with Crippen LogP contribution in [-0.2, 0) is 0 Å². The van der Waals surface area contributed by atoms with Crippen molar-refractivity contribution in [1.82, 2.24) is 25.5 Å². The molecule has 0 amide bonds. The molecule has 1 saturated heterocycles. The highest BCUT2D eigenvalue weighted by Gasteiger charge is 2.28. The number of H-pyrrole nitrogens is 1. The second-order valence-electron chi connectivity index (χ2n) is 6.80. The Labute approximate surface area is 155 Å². The van der Waals surface area contributed by atoms with Crippen LogP contribution in [0.1, 0.15) is 35.5 Å². The van der Waals surface area contributed by atoms with Gasteiger partial charge in [-0.3, -0.25) is 5.10 Å². The van der Waals surface area contributed by atoms with Crippen LogP contribution in [0.25, 0.3) is 20.7 Å². The van der Waals surface area contributed by atoms with Crippen LogP contribution in [0.15, 0.2) is 48.8 Å². The number of nitrogens with zero attached hydrogens (tertiary/aromatic N) is 3. The zero-order chi connectivity index (χ0) is 17.5. The van der Waals surface area contributed by atoms with E-state index in [1.54, 1.807) is 11.3 Å². The first kappa shape index (κ1) is 15.7. The lowest BCUT2D eigenvalue weighted by Gasteiger charge is -2.09. The molecule has 3 aromatic heterocycles. The molecule has 0 bridgehead atoms. The number of thiophene rings is 1. The molecule has 4 aromatic rings. The summed E-state index contributed by atoms with van der Waals surface area (Å²) in [6, 6.07) is 13.0. The summed E-state index contributed by atoms with van der Waals surface area (Å²) < 4.78 is 1.11. The number of fused-ring (bicyclic) bond motifs is 1. The first-order chi connectivity index (χ1) is 12.8. The predicted octanol–water partition coefficient (Wildman–Crippen LogP) is 4.21. The van der Waals surface area contributed by atoms with Crippen molar-refractivity contribution < 1.29 is 0 Å². The van der Waals surface area contributed by atoms with E-state index in [-0.39, 0.29) is 6.04 Å². The van der Waals surface area contributed by atoms with Crippen LogP contribution in [0.3, 0.4) is 0 Å². The quantitative estimate of drug-likeness (QED) is 0.574. The van der Waals surface area contributed by atoms with Gasteiger partial charge in [-0.25, -0.2) is 9.97 Å². The molecular weight excluding hydrogens is 342 g/mol. The van der Waals surface area contributed by atoms with Gasteiger partial charge >= 0.3 is 0 Å². The lowest BCUT2D eigenvalue weighted by Crippen LogP contribution is -2.15. The maximum atomic E-state index is 4.85. The number of aryl methyl sites for hydroxylation is 1. The third-order valence-electron chi connectivity index (χ3n) is 5.10. The number of hydrogen-bond donors (Lipinski definition) is 2. The fraction of sp³-hybridized carbons (Fsp3) is 0.250. The number of benzene rings is 1. The van der Waals surface area contributed by atoms with Crippen molar-refractivity contribution in [2.75, 3.05) is 6.54 Å². The fourth-order valence-electron chi connectivity index (χ4n) is 3.66. The molecule has 4 heterocycles. The average molecular weight is 361 g/mol. The van der Waals surface area contributed by atoms with Crippen molar-refractivity contribution in [3.63, 3.8) is 0 Å². The van der Waals surface area contributed by atoms with E-state index in [9.17, 15) is 0 Å². The van der Waals surface area contributed by atoms with E-state index < -0.39 is 0 Å². The Bertz CT molecular complexity index is 1050. The number of rotatable bonds is 3. The van der Waals surface area contributed by atoms with Gasteiger partial charge in [0.1, 0.15) is 5.82 Å². The molecule has 0 aliphatic carbocycles. The lowest BCUT2D eigenvalue weighted by atomic mass is 9.96. The van der Waals surface area contributed by atoms with Gasteiger partial charge in [0.15, 0.2) is 0 Å². The first-order valence-electron chi connectivity index (χ1n) is 8.83. The van der Waals surface area contributed by atoms with E-state index in [2.05, 4.69) is 56.9 Å². The van der Waals surface area contributed by atoms with Crippen molar-refractivity contribution in [2.45, 2.75) is 25.3 Å². The summed E-state index contributed by atoms with van der Waals surface area (Å²) in [7, 11) is 0. The van der Waals surface area contributed by atoms with E-state index in [0.717, 1.165) is 40.3 Å². The van der Waals surface area contributed by atoms with Gasteiger partial charge in [-0.2, -0.15) is 5.10 Å². The summed E-state index contributed by atoms with van der Waals surface area (Å²) in [5, 5.41) is 10.7. The number of hydrogen-bond acceptors (Lipinski definition) is 5. The van der Waals surface area contributed by atoms with E-state index in [4.69, 9.17) is 4.98 Å². The van der Waals surface area contributed by atoms with Gasteiger partial charge in [0.2, 0.25) is 0 Å². The minimum absolute atomic E-state index is 0.212. The van der Waals surface area contributed by atoms with Gasteiger partial charge in [0, 0.05) is 28.9 Å². The molecular formula is C20H19N5S. The van der Waals surface area contributed by atoms with Crippen molar-refractivity contribution in [3.8, 4) is 10.4 Å². The molecule has 0 saturated carbocycles. The van der Waals surface area contributed by atoms with Crippen LogP contribution < -0.4 is 5.32 Å². The Morgan fingerprint density at radius 3 is 2.85 bits per heavy atom. The van der Waals surface area contributed by atoms with Crippen LogP contribution in [-0.4, -0.2) is 26.7 Å². The highest BCUT2D eigenvalue weighted by molar-refractivity contribution is 7.22. The van der Waals surface area contributed by atoms with E-state index in [0.29, 0.717) is 5.92 Å². The largest absolute Gasteiger partial charge is 0.307 e. The summed E-state index contributed by atoms with van der Waals surface area (Å²) >= 11 is 1.71. The maximum Gasteiger partial charge on any atom is 0.145 e. The molecule has 26 heavy (non-hydrogen) atoms. The SMILES string of the molecule is Cc1[nH]ncc1-c1cc2nc([C@@H]3C[C@H](c4ccccc4)CN3)ncc2s1. The Morgan fingerprint density at radius 1 is 1.15 bits per heavy atom. The first-order valence-corrected chi connectivity index (χ1v) is 9.65. The van der Waals surface area contributed by atoms with E-state index >= 15 is 0 Å². The maximum absolute atomic E-state index is 4.85. The summed E-state index contributed by atoms with van der Waals surface area (Å²) in [5.74, 6) is 1.41. The molecule has 1 aliphatic rings. The number of aromatic nitrogens is 4. The molecule has 6 heteroatoms. The molecule has 1 fully saturated rings. The van der Waals surface area contributed by atoms with Crippen LogP contribution >= 0.6 is 11.3 Å². The second-order valence-corrected chi connectivity index (χ2v) is 7.88. The van der Waals surface area contributed by atoms with Crippen LogP contribution in [0.2, 0.25) is 0 Å². The Morgan fingerprint density at radius 2 is 2.04 bits per heavy atom. The predicted molar refractivity (Wildman–Crippen MR) is 104 cm³/mol. The second kappa shape index (κ2) is 6.30. The molecule has 2 N–H and O–H groups in total. The van der Waals surface area contributed by atoms with Gasteiger partial charge in [-0.1, -0.05) is 30.3 Å². The highest BCUT2D eigenvalue weighted by Crippen LogP contribution is 2.36. The zero-order valence-electron chi connectivity index (χ0n) is 14.4. The normalized spacial score (nSPS) is 20.0. The molecule has 2 atom stereocenters. The smallest absolute Gasteiger partial charge is 0.145 e. The van der Waals surface area contributed by atoms with Gasteiger partial charge in [-0.15, -0.1) is 11.3 Å². The third kappa shape index (κ3) is 2.71. The highest BCUT2D eigenvalue weighted by atomic mass is 32.1. The van der Waals surface area contributed by atoms with Crippen molar-refractivity contribution in [2.24, 2.45) is 0 Å².